The predicted molar refractivity (Wildman–Crippen MR) is 214 cm³/mol. The van der Waals surface area contributed by atoms with E-state index >= 15 is 0 Å². The Morgan fingerprint density at radius 1 is 0.690 bits per heavy atom. The van der Waals surface area contributed by atoms with Crippen LogP contribution in [0.25, 0.3) is 12.2 Å². The molecule has 2 atom stereocenters. The van der Waals surface area contributed by atoms with Crippen LogP contribution >= 0.6 is 0 Å². The van der Waals surface area contributed by atoms with E-state index in [1.807, 2.05) is 54.6 Å². The highest BCUT2D eigenvalue weighted by Crippen LogP contribution is 2.29. The van der Waals surface area contributed by atoms with Crippen molar-refractivity contribution in [3.63, 3.8) is 0 Å². The van der Waals surface area contributed by atoms with Crippen LogP contribution in [0, 0.1) is 0 Å². The first-order chi connectivity index (χ1) is 28.2. The van der Waals surface area contributed by atoms with Gasteiger partial charge in [0, 0.05) is 0 Å². The van der Waals surface area contributed by atoms with E-state index in [0.717, 1.165) is 22.3 Å². The lowest BCUT2D eigenvalue weighted by Gasteiger charge is -2.18. The highest BCUT2D eigenvalue weighted by molar-refractivity contribution is 5.98. The number of carbonyl (C=O) groups excluding carboxylic acids is 4. The van der Waals surface area contributed by atoms with Crippen molar-refractivity contribution < 1.29 is 57.5 Å². The van der Waals surface area contributed by atoms with Gasteiger partial charge in [-0.1, -0.05) is 48.6 Å². The van der Waals surface area contributed by atoms with Crippen molar-refractivity contribution in [3.05, 3.63) is 119 Å². The SMILES string of the molecule is COC(=O)CC1OC/C=C\c2cc(cc(OC)c2)COc2ccccc2NC1=O.COc1cc2cc(c1)COc1ccccc1NC(=O)C(CC(=O)NO)OC/C=C\2. The summed E-state index contributed by atoms with van der Waals surface area (Å²) in [6.07, 6.45) is 4.58. The van der Waals surface area contributed by atoms with Crippen LogP contribution < -0.4 is 35.1 Å². The molecule has 3 amide bonds. The lowest BCUT2D eigenvalue weighted by Crippen LogP contribution is -2.35. The van der Waals surface area contributed by atoms with Crippen molar-refractivity contribution in [2.75, 3.05) is 45.2 Å². The minimum atomic E-state index is -1.09. The van der Waals surface area contributed by atoms with Crippen molar-refractivity contribution in [3.8, 4) is 23.0 Å². The molecule has 0 spiro atoms. The van der Waals surface area contributed by atoms with Gasteiger partial charge in [-0.15, -0.1) is 0 Å². The molecule has 2 heterocycles. The number of para-hydroxylation sites is 4. The summed E-state index contributed by atoms with van der Waals surface area (Å²) in [6.45, 7) is 0.825. The molecular formula is C43H45N3O12. The molecule has 0 radical (unpaired) electrons. The molecule has 0 aromatic heterocycles. The van der Waals surface area contributed by atoms with Gasteiger partial charge in [-0.25, -0.2) is 5.48 Å². The molecule has 15 nitrogen and oxygen atoms in total. The normalized spacial score (nSPS) is 17.7. The van der Waals surface area contributed by atoms with Crippen LogP contribution in [0.1, 0.15) is 35.1 Å². The molecule has 4 bridgehead atoms. The first-order valence-electron chi connectivity index (χ1n) is 18.1. The van der Waals surface area contributed by atoms with Crippen LogP contribution in [0.5, 0.6) is 23.0 Å². The molecule has 0 saturated carbocycles. The van der Waals surface area contributed by atoms with Crippen molar-refractivity contribution in [2.45, 2.75) is 38.3 Å². The van der Waals surface area contributed by atoms with Gasteiger partial charge in [0.15, 0.2) is 0 Å². The fraction of sp³-hybridized carbons (Fsp3) is 0.256. The number of fused-ring (bicyclic) bond motifs is 6. The average molecular weight is 796 g/mol. The van der Waals surface area contributed by atoms with Crippen molar-refractivity contribution in [2.24, 2.45) is 0 Å². The number of anilines is 2. The van der Waals surface area contributed by atoms with E-state index in [2.05, 4.69) is 15.4 Å². The average Bonchev–Trinajstić information content (AvgIpc) is 3.24. The maximum absolute atomic E-state index is 12.7. The third-order valence-electron chi connectivity index (χ3n) is 8.60. The van der Waals surface area contributed by atoms with Gasteiger partial charge in [-0.2, -0.15) is 0 Å². The summed E-state index contributed by atoms with van der Waals surface area (Å²) >= 11 is 0. The van der Waals surface area contributed by atoms with E-state index in [1.54, 1.807) is 68.8 Å². The number of ether oxygens (including phenoxy) is 7. The molecule has 4 N–H and O–H groups in total. The number of hydrogen-bond acceptors (Lipinski definition) is 12. The third-order valence-corrected chi connectivity index (χ3v) is 8.60. The Kier molecular flexibility index (Phi) is 15.8. The van der Waals surface area contributed by atoms with Crippen LogP contribution in [0.3, 0.4) is 0 Å². The highest BCUT2D eigenvalue weighted by Gasteiger charge is 2.25. The molecule has 0 saturated heterocycles. The van der Waals surface area contributed by atoms with Gasteiger partial charge < -0.3 is 43.8 Å². The standard InChI is InChI=1S/C22H23NO6.C21H22N2O6/c1-26-17-11-15-6-5-9-28-20(13-21(24)27-2)22(25)23-18-7-3-4-8-19(18)29-14-16(10-15)12-17;1-27-16-10-14-5-4-8-28-19(12-20(24)23-26)21(25)22-17-6-2-3-7-18(17)29-13-15(9-14)11-16/h3-8,10-12,20H,9,13-14H2,1-2H3,(H,23,25);2-7,9-11,19,26H,8,12-13H2,1H3,(H,22,25)(H,23,24)/b6-5-;5-4-. The predicted octanol–water partition coefficient (Wildman–Crippen LogP) is 5.71. The lowest BCUT2D eigenvalue weighted by molar-refractivity contribution is -0.147. The summed E-state index contributed by atoms with van der Waals surface area (Å²) in [4.78, 5) is 48.6. The lowest BCUT2D eigenvalue weighted by atomic mass is 10.1. The van der Waals surface area contributed by atoms with E-state index in [1.165, 1.54) is 12.6 Å². The minimum absolute atomic E-state index is 0.0987. The van der Waals surface area contributed by atoms with Gasteiger partial charge >= 0.3 is 5.97 Å². The maximum atomic E-state index is 12.7. The number of hydroxylamine groups is 1. The van der Waals surface area contributed by atoms with Crippen LogP contribution in [-0.4, -0.2) is 75.6 Å². The van der Waals surface area contributed by atoms with Gasteiger partial charge in [0.05, 0.1) is 58.8 Å². The monoisotopic (exact) mass is 795 g/mol. The van der Waals surface area contributed by atoms with Gasteiger partial charge in [0.25, 0.3) is 11.8 Å². The quantitative estimate of drug-likeness (QED) is 0.106. The molecule has 2 aliphatic heterocycles. The second-order valence-electron chi connectivity index (χ2n) is 12.7. The molecule has 2 aliphatic rings. The van der Waals surface area contributed by atoms with Crippen LogP contribution in [0.15, 0.2) is 97.1 Å². The smallest absolute Gasteiger partial charge is 0.308 e. The molecule has 15 heteroatoms. The van der Waals surface area contributed by atoms with Crippen molar-refractivity contribution >= 4 is 47.2 Å². The largest absolute Gasteiger partial charge is 0.497 e. The number of rotatable bonds is 6. The number of esters is 1. The second-order valence-corrected chi connectivity index (χ2v) is 12.7. The van der Waals surface area contributed by atoms with Crippen molar-refractivity contribution in [1.82, 2.24) is 5.48 Å². The molecule has 2 unspecified atom stereocenters. The fourth-order valence-electron chi connectivity index (χ4n) is 5.72. The topological polar surface area (TPSA) is 189 Å². The second kappa shape index (κ2) is 21.6. The zero-order chi connectivity index (χ0) is 41.3. The first-order valence-corrected chi connectivity index (χ1v) is 18.1. The molecule has 4 aromatic rings. The number of hydrogen-bond donors (Lipinski definition) is 4. The number of benzene rings is 4. The maximum Gasteiger partial charge on any atom is 0.308 e. The number of carbonyl (C=O) groups is 4. The zero-order valence-corrected chi connectivity index (χ0v) is 32.2. The van der Waals surface area contributed by atoms with E-state index < -0.39 is 35.9 Å². The number of nitrogens with one attached hydrogen (secondary N) is 3. The van der Waals surface area contributed by atoms with E-state index in [0.29, 0.717) is 41.0 Å². The Bertz CT molecular complexity index is 1970. The summed E-state index contributed by atoms with van der Waals surface area (Å²) in [6, 6.07) is 25.5. The summed E-state index contributed by atoms with van der Waals surface area (Å²) in [5.74, 6) is 0.168. The Balaban J connectivity index is 0.000000221. The molecule has 4 aromatic carbocycles. The van der Waals surface area contributed by atoms with Gasteiger partial charge in [-0.3, -0.25) is 24.4 Å². The van der Waals surface area contributed by atoms with E-state index in [4.69, 9.17) is 33.6 Å². The summed E-state index contributed by atoms with van der Waals surface area (Å²) in [5.41, 5.74) is 6.08. The molecule has 58 heavy (non-hydrogen) atoms. The highest BCUT2D eigenvalue weighted by atomic mass is 16.5. The Labute approximate surface area is 335 Å². The fourth-order valence-corrected chi connectivity index (χ4v) is 5.72. The number of methoxy groups -OCH3 is 3. The van der Waals surface area contributed by atoms with Crippen LogP contribution in [0.2, 0.25) is 0 Å². The van der Waals surface area contributed by atoms with Gasteiger partial charge in [0.1, 0.15) is 48.4 Å². The van der Waals surface area contributed by atoms with E-state index in [9.17, 15) is 19.2 Å². The van der Waals surface area contributed by atoms with Crippen LogP contribution in [-0.2, 0) is 46.6 Å². The Morgan fingerprint density at radius 3 is 1.60 bits per heavy atom. The first kappa shape index (κ1) is 42.5. The summed E-state index contributed by atoms with van der Waals surface area (Å²) in [7, 11) is 4.47. The van der Waals surface area contributed by atoms with E-state index in [-0.39, 0.29) is 32.7 Å². The molecule has 304 valence electrons. The Morgan fingerprint density at radius 2 is 1.16 bits per heavy atom. The van der Waals surface area contributed by atoms with Gasteiger partial charge in [-0.05, 0) is 82.9 Å². The third kappa shape index (κ3) is 12.7. The minimum Gasteiger partial charge on any atom is -0.497 e. The number of amides is 3. The summed E-state index contributed by atoms with van der Waals surface area (Å²) in [5, 5.41) is 14.3. The van der Waals surface area contributed by atoms with Crippen molar-refractivity contribution in [1.29, 1.82) is 0 Å². The van der Waals surface area contributed by atoms with Gasteiger partial charge in [0.2, 0.25) is 5.91 Å². The molecule has 0 aliphatic carbocycles. The molecule has 6 rings (SSSR count). The Hall–Kier alpha value is -6.68. The summed E-state index contributed by atoms with van der Waals surface area (Å²) < 4.78 is 38.4. The van der Waals surface area contributed by atoms with Crippen LogP contribution in [0.4, 0.5) is 11.4 Å². The zero-order valence-electron chi connectivity index (χ0n) is 32.2. The molecular weight excluding hydrogens is 750 g/mol. The molecule has 0 fully saturated rings.